The molecule has 3 amide bonds. The van der Waals surface area contributed by atoms with Gasteiger partial charge in [0.25, 0.3) is 11.8 Å². The van der Waals surface area contributed by atoms with Gasteiger partial charge in [-0.3, -0.25) is 14.4 Å². The van der Waals surface area contributed by atoms with E-state index in [-0.39, 0.29) is 49.4 Å². The predicted octanol–water partition coefficient (Wildman–Crippen LogP) is 1.13. The minimum Gasteiger partial charge on any atom is -0.389 e. The first-order valence-corrected chi connectivity index (χ1v) is 17.1. The smallest absolute Gasteiger partial charge is 0.251 e. The SMILES string of the molecule is CC(C)(O)CNC(=O)c1ccc2c(c1)CCc1cc(C(=O)NCC(C)(C)O)ccc1C2(CCNCC(=O)N1[C@H](C#N)C[C@@H]2C[C@@H]21)c1nnn[nH]1. The van der Waals surface area contributed by atoms with Gasteiger partial charge in [-0.25, -0.2) is 5.10 Å². The van der Waals surface area contributed by atoms with E-state index < -0.39 is 16.6 Å². The zero-order valence-corrected chi connectivity index (χ0v) is 28.9. The average molecular weight is 684 g/mol. The fraction of sp³-hybridized carbons (Fsp3) is 0.528. The summed E-state index contributed by atoms with van der Waals surface area (Å²) in [6.07, 6.45) is 3.20. The Hall–Kier alpha value is -4.71. The number of tetrazole rings is 1. The van der Waals surface area contributed by atoms with Gasteiger partial charge >= 0.3 is 0 Å². The second kappa shape index (κ2) is 13.5. The van der Waals surface area contributed by atoms with Crippen molar-refractivity contribution < 1.29 is 24.6 Å². The van der Waals surface area contributed by atoms with Crippen LogP contribution >= 0.6 is 0 Å². The van der Waals surface area contributed by atoms with Crippen molar-refractivity contribution in [2.45, 2.75) is 88.5 Å². The van der Waals surface area contributed by atoms with Gasteiger partial charge in [0.05, 0.1) is 29.2 Å². The summed E-state index contributed by atoms with van der Waals surface area (Å²) in [4.78, 5) is 41.4. The lowest BCUT2D eigenvalue weighted by Gasteiger charge is -2.35. The maximum Gasteiger partial charge on any atom is 0.251 e. The van der Waals surface area contributed by atoms with E-state index in [9.17, 15) is 29.9 Å². The molecule has 3 aliphatic rings. The molecule has 50 heavy (non-hydrogen) atoms. The number of aliphatic hydroxyl groups is 2. The summed E-state index contributed by atoms with van der Waals surface area (Å²) in [5.74, 6) is 0.171. The number of hydrogen-bond donors (Lipinski definition) is 6. The van der Waals surface area contributed by atoms with E-state index in [4.69, 9.17) is 0 Å². The molecule has 2 aromatic carbocycles. The zero-order valence-electron chi connectivity index (χ0n) is 28.9. The predicted molar refractivity (Wildman–Crippen MR) is 182 cm³/mol. The van der Waals surface area contributed by atoms with Gasteiger partial charge in [-0.2, -0.15) is 5.26 Å². The number of piperidine rings is 1. The van der Waals surface area contributed by atoms with Crippen molar-refractivity contribution in [3.05, 3.63) is 75.6 Å². The Bertz CT molecular complexity index is 1720. The van der Waals surface area contributed by atoms with Crippen molar-refractivity contribution in [1.82, 2.24) is 41.5 Å². The fourth-order valence-corrected chi connectivity index (χ4v) is 7.40. The minimum atomic E-state index is -1.08. The summed E-state index contributed by atoms with van der Waals surface area (Å²) in [5, 5.41) is 54.2. The molecule has 6 N–H and O–H groups in total. The van der Waals surface area contributed by atoms with E-state index in [1.165, 1.54) is 0 Å². The molecule has 1 aliphatic heterocycles. The third-order valence-electron chi connectivity index (χ3n) is 9.93. The summed E-state index contributed by atoms with van der Waals surface area (Å²) < 4.78 is 0. The van der Waals surface area contributed by atoms with Crippen LogP contribution in [0.1, 0.15) is 95.8 Å². The van der Waals surface area contributed by atoms with Crippen LogP contribution in [0.5, 0.6) is 0 Å². The van der Waals surface area contributed by atoms with Gasteiger partial charge in [0.2, 0.25) is 5.91 Å². The molecule has 3 aromatic rings. The van der Waals surface area contributed by atoms with Crippen LogP contribution in [0.15, 0.2) is 36.4 Å². The number of nitrogens with one attached hydrogen (secondary N) is 4. The van der Waals surface area contributed by atoms with Crippen LogP contribution < -0.4 is 16.0 Å². The van der Waals surface area contributed by atoms with Crippen molar-refractivity contribution in [2.75, 3.05) is 26.2 Å². The molecule has 1 aromatic heterocycles. The largest absolute Gasteiger partial charge is 0.389 e. The van der Waals surface area contributed by atoms with E-state index in [0.29, 0.717) is 48.7 Å². The molecule has 0 spiro atoms. The first-order valence-electron chi connectivity index (χ1n) is 17.1. The molecule has 1 saturated heterocycles. The third-order valence-corrected chi connectivity index (χ3v) is 9.93. The van der Waals surface area contributed by atoms with Crippen molar-refractivity contribution in [2.24, 2.45) is 5.92 Å². The Balaban J connectivity index is 1.35. The number of H-pyrrole nitrogens is 1. The molecular formula is C36H45N9O5. The van der Waals surface area contributed by atoms with Gasteiger partial charge in [0, 0.05) is 30.3 Å². The molecule has 0 unspecified atom stereocenters. The van der Waals surface area contributed by atoms with E-state index in [1.54, 1.807) is 44.7 Å². The number of rotatable bonds is 12. The number of carbonyl (C=O) groups excluding carboxylic acids is 3. The average Bonchev–Trinajstić information content (AvgIpc) is 3.45. The van der Waals surface area contributed by atoms with E-state index >= 15 is 0 Å². The molecular weight excluding hydrogens is 638 g/mol. The molecule has 14 nitrogen and oxygen atoms in total. The number of carbonyl (C=O) groups is 3. The van der Waals surface area contributed by atoms with E-state index in [1.807, 2.05) is 24.3 Å². The normalized spacial score (nSPS) is 20.5. The molecule has 2 fully saturated rings. The Morgan fingerprint density at radius 2 is 1.54 bits per heavy atom. The first-order chi connectivity index (χ1) is 23.7. The number of benzene rings is 2. The lowest BCUT2D eigenvalue weighted by atomic mass is 9.69. The van der Waals surface area contributed by atoms with Crippen molar-refractivity contribution in [3.8, 4) is 6.07 Å². The van der Waals surface area contributed by atoms with E-state index in [0.717, 1.165) is 35.1 Å². The Morgan fingerprint density at radius 3 is 2.04 bits per heavy atom. The number of hydrogen-bond acceptors (Lipinski definition) is 10. The molecule has 2 heterocycles. The number of nitriles is 1. The standard InChI is InChI=1S/C36H45N9O5/c1-34(2,49)19-39-31(47)23-7-9-27-21(13-23)5-6-22-14-24(32(48)40-20-35(3,4)50)8-10-28(22)36(27,33-41-43-44-42-33)11-12-38-18-30(46)45-26(17-37)15-25-16-29(25)45/h7-10,13-14,25-26,29,38,49-50H,5-6,11-12,15-16,18-20H2,1-4H3,(H,39,47)(H,40,48)(H,41,42,43,44)/t25-,26+,29+/m1/s1. The van der Waals surface area contributed by atoms with Crippen LogP contribution in [0.3, 0.4) is 0 Å². The van der Waals surface area contributed by atoms with Gasteiger partial charge in [0.1, 0.15) is 6.04 Å². The summed E-state index contributed by atoms with van der Waals surface area (Å²) in [6.45, 7) is 7.11. The Labute approximate surface area is 291 Å². The maximum atomic E-state index is 13.3. The van der Waals surface area contributed by atoms with E-state index in [2.05, 4.69) is 42.6 Å². The molecule has 14 heteroatoms. The molecule has 6 rings (SSSR count). The van der Waals surface area contributed by atoms with Crippen molar-refractivity contribution in [3.63, 3.8) is 0 Å². The van der Waals surface area contributed by atoms with Crippen LogP contribution in [0.2, 0.25) is 0 Å². The quantitative estimate of drug-likeness (QED) is 0.150. The van der Waals surface area contributed by atoms with Gasteiger partial charge in [-0.1, -0.05) is 12.1 Å². The third kappa shape index (κ3) is 7.26. The van der Waals surface area contributed by atoms with Gasteiger partial charge in [-0.05, 0) is 129 Å². The van der Waals surface area contributed by atoms with Crippen LogP contribution in [-0.2, 0) is 23.1 Å². The van der Waals surface area contributed by atoms with Crippen LogP contribution in [-0.4, -0.2) is 103 Å². The Kier molecular flexibility index (Phi) is 9.51. The summed E-state index contributed by atoms with van der Waals surface area (Å²) in [6, 6.07) is 13.1. The van der Waals surface area contributed by atoms with Gasteiger partial charge in [0.15, 0.2) is 5.82 Å². The fourth-order valence-electron chi connectivity index (χ4n) is 7.40. The second-order valence-electron chi connectivity index (χ2n) is 15.1. The molecule has 1 saturated carbocycles. The maximum absolute atomic E-state index is 13.3. The second-order valence-corrected chi connectivity index (χ2v) is 15.1. The highest BCUT2D eigenvalue weighted by Crippen LogP contribution is 2.48. The monoisotopic (exact) mass is 683 g/mol. The first kappa shape index (κ1) is 35.1. The number of amides is 3. The number of fused-ring (bicyclic) bond motifs is 3. The minimum absolute atomic E-state index is 0.0759. The van der Waals surface area contributed by atoms with Gasteiger partial charge < -0.3 is 31.1 Å². The summed E-state index contributed by atoms with van der Waals surface area (Å²) in [5.41, 5.74) is 1.32. The number of nitrogens with zero attached hydrogens (tertiary/aromatic N) is 5. The molecule has 3 atom stereocenters. The molecule has 0 bridgehead atoms. The highest BCUT2D eigenvalue weighted by atomic mass is 16.3. The van der Waals surface area contributed by atoms with Gasteiger partial charge in [-0.15, -0.1) is 5.10 Å². The van der Waals surface area contributed by atoms with Crippen molar-refractivity contribution >= 4 is 17.7 Å². The van der Waals surface area contributed by atoms with Crippen LogP contribution in [0, 0.1) is 17.2 Å². The lowest BCUT2D eigenvalue weighted by molar-refractivity contribution is -0.131. The molecule has 0 radical (unpaired) electrons. The Morgan fingerprint density at radius 1 is 0.960 bits per heavy atom. The van der Waals surface area contributed by atoms with Crippen molar-refractivity contribution in [1.29, 1.82) is 5.26 Å². The number of aryl methyl sites for hydroxylation is 2. The number of aromatic nitrogens is 4. The van der Waals surface area contributed by atoms with Crippen LogP contribution in [0.4, 0.5) is 0 Å². The zero-order chi connectivity index (χ0) is 35.8. The highest BCUT2D eigenvalue weighted by molar-refractivity contribution is 5.95. The van der Waals surface area contributed by atoms with Crippen LogP contribution in [0.25, 0.3) is 0 Å². The number of aromatic amines is 1. The summed E-state index contributed by atoms with van der Waals surface area (Å²) >= 11 is 0. The lowest BCUT2D eigenvalue weighted by Crippen LogP contribution is -2.44. The highest BCUT2D eigenvalue weighted by Gasteiger charge is 2.54. The summed E-state index contributed by atoms with van der Waals surface area (Å²) in [7, 11) is 0. The topological polar surface area (TPSA) is 209 Å². The molecule has 2 aliphatic carbocycles. The number of likely N-dealkylation sites (tertiary alicyclic amines) is 1. The molecule has 264 valence electrons.